The fourth-order valence-electron chi connectivity index (χ4n) is 1.58. The number of rotatable bonds is 4. The maximum absolute atomic E-state index is 13.7. The number of hydrogen-bond acceptors (Lipinski definition) is 3. The zero-order valence-electron chi connectivity index (χ0n) is 10.2. The van der Waals surface area contributed by atoms with Gasteiger partial charge in [0.05, 0.1) is 5.02 Å². The van der Waals surface area contributed by atoms with E-state index in [1.807, 2.05) is 0 Å². The van der Waals surface area contributed by atoms with E-state index < -0.39 is 12.9 Å². The second kappa shape index (κ2) is 6.46. The van der Waals surface area contributed by atoms with Crippen molar-refractivity contribution in [1.82, 2.24) is 0 Å². The van der Waals surface area contributed by atoms with Crippen LogP contribution in [0.4, 0.5) is 4.39 Å². The Kier molecular flexibility index (Phi) is 4.88. The van der Waals surface area contributed by atoms with E-state index in [1.165, 1.54) is 18.2 Å². The largest absolute Gasteiger partial charge is 0.488 e. The fraction of sp³-hybridized carbons (Fsp3) is 0.0769. The van der Waals surface area contributed by atoms with Crippen molar-refractivity contribution in [2.45, 2.75) is 6.61 Å². The van der Waals surface area contributed by atoms with Crippen molar-refractivity contribution in [2.75, 3.05) is 0 Å². The Labute approximate surface area is 125 Å². The Hall–Kier alpha value is -1.27. The fourth-order valence-corrected chi connectivity index (χ4v) is 1.92. The summed E-state index contributed by atoms with van der Waals surface area (Å²) in [7, 11) is -1.71. The summed E-state index contributed by atoms with van der Waals surface area (Å²) in [5.41, 5.74) is 0.345. The van der Waals surface area contributed by atoms with E-state index in [2.05, 4.69) is 0 Å². The summed E-state index contributed by atoms with van der Waals surface area (Å²) in [6.07, 6.45) is 0. The average molecular weight is 315 g/mol. The first kappa shape index (κ1) is 15.1. The molecule has 0 bridgehead atoms. The van der Waals surface area contributed by atoms with Crippen molar-refractivity contribution < 1.29 is 19.2 Å². The van der Waals surface area contributed by atoms with Gasteiger partial charge in [-0.05, 0) is 23.7 Å². The van der Waals surface area contributed by atoms with Crippen LogP contribution < -0.4 is 10.2 Å². The molecule has 0 atom stereocenters. The first-order valence-electron chi connectivity index (χ1n) is 5.69. The van der Waals surface area contributed by atoms with E-state index in [9.17, 15) is 4.39 Å². The lowest BCUT2D eigenvalue weighted by Gasteiger charge is -2.10. The summed E-state index contributed by atoms with van der Waals surface area (Å²) in [6.45, 7) is -0.0479. The number of benzene rings is 2. The van der Waals surface area contributed by atoms with Crippen LogP contribution in [0.1, 0.15) is 5.56 Å². The van der Waals surface area contributed by atoms with E-state index in [-0.39, 0.29) is 17.6 Å². The molecule has 0 saturated carbocycles. The highest BCUT2D eigenvalue weighted by molar-refractivity contribution is 6.58. The van der Waals surface area contributed by atoms with Crippen LogP contribution in [0.3, 0.4) is 0 Å². The van der Waals surface area contributed by atoms with Crippen LogP contribution in [0.2, 0.25) is 10.0 Å². The topological polar surface area (TPSA) is 49.7 Å². The predicted molar refractivity (Wildman–Crippen MR) is 77.0 cm³/mol. The molecule has 2 aromatic rings. The zero-order chi connectivity index (χ0) is 14.7. The van der Waals surface area contributed by atoms with Crippen molar-refractivity contribution in [3.63, 3.8) is 0 Å². The molecule has 2 rings (SSSR count). The van der Waals surface area contributed by atoms with Crippen LogP contribution in [0.25, 0.3) is 0 Å². The number of halogens is 3. The molecule has 0 spiro atoms. The number of ether oxygens (including phenoxy) is 1. The van der Waals surface area contributed by atoms with Crippen LogP contribution >= 0.6 is 23.2 Å². The Balaban J connectivity index is 2.13. The van der Waals surface area contributed by atoms with Gasteiger partial charge in [0.2, 0.25) is 0 Å². The van der Waals surface area contributed by atoms with Gasteiger partial charge in [-0.2, -0.15) is 0 Å². The normalized spacial score (nSPS) is 10.4. The highest BCUT2D eigenvalue weighted by Crippen LogP contribution is 2.28. The predicted octanol–water partition coefficient (Wildman–Crippen LogP) is 2.39. The van der Waals surface area contributed by atoms with Crippen LogP contribution in [0.5, 0.6) is 5.75 Å². The summed E-state index contributed by atoms with van der Waals surface area (Å²) in [5, 5.41) is 18.7. The van der Waals surface area contributed by atoms with E-state index in [0.717, 1.165) is 6.07 Å². The molecular weight excluding hydrogens is 305 g/mol. The quantitative estimate of drug-likeness (QED) is 0.852. The summed E-state index contributed by atoms with van der Waals surface area (Å²) >= 11 is 11.7. The lowest BCUT2D eigenvalue weighted by molar-refractivity contribution is 0.300. The molecule has 0 heterocycles. The minimum atomic E-state index is -1.71. The highest BCUT2D eigenvalue weighted by Gasteiger charge is 2.14. The maximum Gasteiger partial charge on any atom is 0.488 e. The Morgan fingerprint density at radius 3 is 2.50 bits per heavy atom. The Morgan fingerprint density at radius 1 is 1.10 bits per heavy atom. The zero-order valence-corrected chi connectivity index (χ0v) is 11.7. The summed E-state index contributed by atoms with van der Waals surface area (Å²) in [5.74, 6) is -0.237. The molecule has 3 nitrogen and oxygen atoms in total. The van der Waals surface area contributed by atoms with Crippen LogP contribution in [0.15, 0.2) is 36.4 Å². The molecule has 0 fully saturated rings. The summed E-state index contributed by atoms with van der Waals surface area (Å²) < 4.78 is 19.1. The van der Waals surface area contributed by atoms with Gasteiger partial charge in [0, 0.05) is 16.7 Å². The summed E-state index contributed by atoms with van der Waals surface area (Å²) in [6, 6.07) is 8.61. The minimum Gasteiger partial charge on any atom is -0.487 e. The molecule has 0 aliphatic carbocycles. The van der Waals surface area contributed by atoms with Gasteiger partial charge in [-0.15, -0.1) is 0 Å². The minimum absolute atomic E-state index is 0.0479. The third-order valence-electron chi connectivity index (χ3n) is 2.65. The molecule has 0 amide bonds. The molecule has 0 aromatic heterocycles. The van der Waals surface area contributed by atoms with Gasteiger partial charge < -0.3 is 14.8 Å². The lowest BCUT2D eigenvalue weighted by atomic mass is 9.80. The van der Waals surface area contributed by atoms with Crippen molar-refractivity contribution >= 4 is 35.8 Å². The smallest absolute Gasteiger partial charge is 0.487 e. The first-order valence-corrected chi connectivity index (χ1v) is 6.45. The van der Waals surface area contributed by atoms with Crippen molar-refractivity contribution in [3.05, 3.63) is 57.8 Å². The SMILES string of the molecule is OB(O)c1ccc(COc2cc(Cl)ccc2Cl)c(F)c1. The van der Waals surface area contributed by atoms with Crippen LogP contribution in [-0.4, -0.2) is 17.2 Å². The lowest BCUT2D eigenvalue weighted by Crippen LogP contribution is -2.30. The molecule has 2 N–H and O–H groups in total. The van der Waals surface area contributed by atoms with Crippen LogP contribution in [-0.2, 0) is 6.61 Å². The molecule has 0 aliphatic rings. The second-order valence-corrected chi connectivity index (χ2v) is 4.93. The van der Waals surface area contributed by atoms with Gasteiger partial charge in [-0.1, -0.05) is 35.3 Å². The molecule has 7 heteroatoms. The molecule has 104 valence electrons. The highest BCUT2D eigenvalue weighted by atomic mass is 35.5. The van der Waals surface area contributed by atoms with Crippen molar-refractivity contribution in [2.24, 2.45) is 0 Å². The van der Waals surface area contributed by atoms with Gasteiger partial charge in [0.25, 0.3) is 0 Å². The van der Waals surface area contributed by atoms with Crippen molar-refractivity contribution in [3.8, 4) is 5.75 Å². The Morgan fingerprint density at radius 2 is 1.85 bits per heavy atom. The van der Waals surface area contributed by atoms with Gasteiger partial charge in [-0.3, -0.25) is 0 Å². The molecular formula is C13H10BCl2FO3. The van der Waals surface area contributed by atoms with Crippen molar-refractivity contribution in [1.29, 1.82) is 0 Å². The molecule has 0 radical (unpaired) electrons. The monoisotopic (exact) mass is 314 g/mol. The Bertz CT molecular complexity index is 623. The van der Waals surface area contributed by atoms with Gasteiger partial charge in [0.1, 0.15) is 18.2 Å². The molecule has 20 heavy (non-hydrogen) atoms. The van der Waals surface area contributed by atoms with E-state index in [0.29, 0.717) is 15.8 Å². The van der Waals surface area contributed by atoms with Gasteiger partial charge in [-0.25, -0.2) is 4.39 Å². The molecule has 2 aromatic carbocycles. The molecule has 0 unspecified atom stereocenters. The third-order valence-corrected chi connectivity index (χ3v) is 3.20. The second-order valence-electron chi connectivity index (χ2n) is 4.09. The summed E-state index contributed by atoms with van der Waals surface area (Å²) in [4.78, 5) is 0. The van der Waals surface area contributed by atoms with Gasteiger partial charge >= 0.3 is 7.12 Å². The standard InChI is InChI=1S/C13H10BCl2FO3/c15-10-3-4-11(16)13(6-10)20-7-8-1-2-9(14(18)19)5-12(8)17/h1-6,18-19H,7H2. The molecule has 0 aliphatic heterocycles. The van der Waals surface area contributed by atoms with E-state index in [4.69, 9.17) is 38.0 Å². The van der Waals surface area contributed by atoms with Crippen LogP contribution in [0, 0.1) is 5.82 Å². The maximum atomic E-state index is 13.7. The number of hydrogen-bond donors (Lipinski definition) is 2. The van der Waals surface area contributed by atoms with E-state index in [1.54, 1.807) is 12.1 Å². The average Bonchev–Trinajstić information content (AvgIpc) is 2.40. The first-order chi connectivity index (χ1) is 9.47. The van der Waals surface area contributed by atoms with E-state index >= 15 is 0 Å². The molecule has 0 saturated heterocycles. The third kappa shape index (κ3) is 3.64. The van der Waals surface area contributed by atoms with Gasteiger partial charge in [0.15, 0.2) is 0 Å².